The van der Waals surface area contributed by atoms with E-state index < -0.39 is 28.5 Å². The highest BCUT2D eigenvalue weighted by Crippen LogP contribution is 2.75. The maximum atomic E-state index is 14.5. The van der Waals surface area contributed by atoms with Gasteiger partial charge in [-0.3, -0.25) is 19.7 Å². The van der Waals surface area contributed by atoms with Gasteiger partial charge < -0.3 is 0 Å². The number of nitrogens with zero attached hydrogens (tertiary/aromatic N) is 1. The van der Waals surface area contributed by atoms with Crippen LogP contribution in [0.15, 0.2) is 23.3 Å². The molecule has 42 heavy (non-hydrogen) atoms. The van der Waals surface area contributed by atoms with Gasteiger partial charge in [-0.15, -0.1) is 0 Å². The lowest BCUT2D eigenvalue weighted by molar-refractivity contribution is -0.176. The van der Waals surface area contributed by atoms with E-state index in [1.807, 2.05) is 26.0 Å². The molecule has 0 radical (unpaired) electrons. The standard InChI is InChI=1S/C34H45F3N2O3/c1-28(2)12-14-33(11-9-25(41)39-34(35,36)37)15-13-32(7)26(21(33)18-28)22(40)16-24-30(5)17-20(19-38)27(42)29(3,4)23(30)8-10-31(24,32)6/h16-17,21,23,26H,8-15,18H2,1-7H3,(H,39,41)/t21?,23-,26?,30-,31+,32+,33+/m0/s1. The predicted molar refractivity (Wildman–Crippen MR) is 152 cm³/mol. The normalized spacial score (nSPS) is 42.1. The average Bonchev–Trinajstić information content (AvgIpc) is 2.85. The summed E-state index contributed by atoms with van der Waals surface area (Å²) in [7, 11) is 0. The molecule has 5 aliphatic carbocycles. The van der Waals surface area contributed by atoms with Crippen LogP contribution in [-0.2, 0) is 14.4 Å². The third-order valence-corrected chi connectivity index (χ3v) is 13.2. The van der Waals surface area contributed by atoms with Crippen molar-refractivity contribution in [3.63, 3.8) is 0 Å². The van der Waals surface area contributed by atoms with Crippen LogP contribution in [0.2, 0.25) is 0 Å². The molecule has 5 rings (SSSR count). The van der Waals surface area contributed by atoms with Crippen molar-refractivity contribution in [2.24, 2.45) is 50.2 Å². The van der Waals surface area contributed by atoms with Gasteiger partial charge in [-0.05, 0) is 90.9 Å². The van der Waals surface area contributed by atoms with Crippen molar-refractivity contribution >= 4 is 17.5 Å². The molecule has 8 heteroatoms. The zero-order valence-corrected chi connectivity index (χ0v) is 26.1. The molecule has 2 unspecified atom stereocenters. The summed E-state index contributed by atoms with van der Waals surface area (Å²) >= 11 is 0. The molecule has 0 aromatic rings. The summed E-state index contributed by atoms with van der Waals surface area (Å²) < 4.78 is 38.6. The van der Waals surface area contributed by atoms with Crippen LogP contribution in [0.3, 0.4) is 0 Å². The number of nitriles is 1. The van der Waals surface area contributed by atoms with Crippen molar-refractivity contribution in [3.05, 3.63) is 23.3 Å². The van der Waals surface area contributed by atoms with Gasteiger partial charge >= 0.3 is 6.30 Å². The number of amides is 1. The second-order valence-electron chi connectivity index (χ2n) is 16.2. The Hall–Kier alpha value is -2.43. The van der Waals surface area contributed by atoms with Crippen molar-refractivity contribution in [2.75, 3.05) is 0 Å². The number of carbonyl (C=O) groups excluding carboxylic acids is 3. The molecule has 0 saturated heterocycles. The fourth-order valence-electron chi connectivity index (χ4n) is 10.8. The molecule has 0 heterocycles. The number of ketones is 2. The van der Waals surface area contributed by atoms with Crippen LogP contribution in [0.5, 0.6) is 0 Å². The minimum atomic E-state index is -4.75. The SMILES string of the molecule is CC1(C)CC[C@]2(CCC(=O)NC(F)(F)F)CC[C@]3(C)C(C(=O)C=C4[C@@]5(C)C=C(C#N)C(=O)C(C)(C)[C@@H]5CC[C@]43C)C2C1. The number of carbonyl (C=O) groups is 3. The number of Topliss-reactive ketones (excluding diaryl/α,β-unsaturated/α-hetero) is 1. The van der Waals surface area contributed by atoms with Crippen molar-refractivity contribution in [1.29, 1.82) is 5.26 Å². The average molecular weight is 587 g/mol. The molecule has 0 spiro atoms. The monoisotopic (exact) mass is 586 g/mol. The summed E-state index contributed by atoms with van der Waals surface area (Å²) in [5, 5.41) is 11.1. The molecule has 0 aromatic carbocycles. The molecule has 0 aromatic heterocycles. The molecule has 1 N–H and O–H groups in total. The van der Waals surface area contributed by atoms with E-state index in [9.17, 15) is 32.8 Å². The Morgan fingerprint density at radius 3 is 2.29 bits per heavy atom. The first-order valence-electron chi connectivity index (χ1n) is 15.5. The fourth-order valence-corrected chi connectivity index (χ4v) is 10.8. The second kappa shape index (κ2) is 9.29. The Balaban J connectivity index is 1.59. The third-order valence-electron chi connectivity index (χ3n) is 13.2. The fraction of sp³-hybridized carbons (Fsp3) is 0.765. The smallest absolute Gasteiger partial charge is 0.295 e. The number of hydrogen-bond donors (Lipinski definition) is 1. The zero-order valence-electron chi connectivity index (χ0n) is 26.1. The molecular weight excluding hydrogens is 541 g/mol. The number of hydrogen-bond acceptors (Lipinski definition) is 4. The summed E-state index contributed by atoms with van der Waals surface area (Å²) in [6, 6.07) is 2.14. The van der Waals surface area contributed by atoms with Gasteiger partial charge in [-0.25, -0.2) is 0 Å². The Kier molecular flexibility index (Phi) is 6.86. The number of halogens is 3. The number of nitrogens with one attached hydrogen (secondary N) is 1. The van der Waals surface area contributed by atoms with E-state index >= 15 is 0 Å². The van der Waals surface area contributed by atoms with E-state index in [0.29, 0.717) is 6.42 Å². The Labute approximate surface area is 247 Å². The highest BCUT2D eigenvalue weighted by Gasteiger charge is 2.69. The maximum Gasteiger partial charge on any atom is 0.484 e. The highest BCUT2D eigenvalue weighted by atomic mass is 19.4. The Morgan fingerprint density at radius 1 is 1.02 bits per heavy atom. The first-order valence-corrected chi connectivity index (χ1v) is 15.5. The number of rotatable bonds is 3. The van der Waals surface area contributed by atoms with Crippen LogP contribution >= 0.6 is 0 Å². The van der Waals surface area contributed by atoms with Crippen molar-refractivity contribution in [1.82, 2.24) is 5.32 Å². The molecule has 0 aliphatic heterocycles. The molecule has 1 amide bonds. The van der Waals surface area contributed by atoms with Crippen LogP contribution in [-0.4, -0.2) is 23.8 Å². The van der Waals surface area contributed by atoms with E-state index in [-0.39, 0.29) is 57.6 Å². The summed E-state index contributed by atoms with van der Waals surface area (Å²) in [5.41, 5.74) is -1.30. The van der Waals surface area contributed by atoms with Crippen LogP contribution < -0.4 is 5.32 Å². The molecule has 3 fully saturated rings. The van der Waals surface area contributed by atoms with Gasteiger partial charge in [0, 0.05) is 23.2 Å². The molecule has 5 nitrogen and oxygen atoms in total. The molecular formula is C34H45F3N2O3. The van der Waals surface area contributed by atoms with E-state index in [4.69, 9.17) is 0 Å². The van der Waals surface area contributed by atoms with Gasteiger partial charge in [0.1, 0.15) is 6.07 Å². The highest BCUT2D eigenvalue weighted by molar-refractivity contribution is 6.04. The van der Waals surface area contributed by atoms with Crippen molar-refractivity contribution in [3.8, 4) is 6.07 Å². The third kappa shape index (κ3) is 4.34. The number of alkyl halides is 3. The molecule has 0 bridgehead atoms. The van der Waals surface area contributed by atoms with Gasteiger partial charge in [0.2, 0.25) is 5.91 Å². The van der Waals surface area contributed by atoms with Crippen LogP contribution in [0.1, 0.15) is 106 Å². The van der Waals surface area contributed by atoms with Crippen LogP contribution in [0.25, 0.3) is 0 Å². The summed E-state index contributed by atoms with van der Waals surface area (Å²) in [4.78, 5) is 40.0. The van der Waals surface area contributed by atoms with Crippen LogP contribution in [0, 0.1) is 61.6 Å². The van der Waals surface area contributed by atoms with Gasteiger partial charge in [-0.2, -0.15) is 18.4 Å². The van der Waals surface area contributed by atoms with Crippen molar-refractivity contribution in [2.45, 2.75) is 113 Å². The lowest BCUT2D eigenvalue weighted by Gasteiger charge is -2.69. The van der Waals surface area contributed by atoms with E-state index in [2.05, 4.69) is 40.7 Å². The quantitative estimate of drug-likeness (QED) is 0.345. The Morgan fingerprint density at radius 2 is 1.67 bits per heavy atom. The lowest BCUT2D eigenvalue weighted by Crippen LogP contribution is -2.64. The first-order chi connectivity index (χ1) is 19.2. The zero-order chi connectivity index (χ0) is 31.3. The van der Waals surface area contributed by atoms with Gasteiger partial charge in [0.15, 0.2) is 11.6 Å². The molecule has 5 aliphatic rings. The van der Waals surface area contributed by atoms with Crippen molar-refractivity contribution < 1.29 is 27.6 Å². The summed E-state index contributed by atoms with van der Waals surface area (Å²) in [5.74, 6) is -1.47. The second-order valence-corrected chi connectivity index (χ2v) is 16.2. The van der Waals surface area contributed by atoms with E-state index in [1.54, 1.807) is 0 Å². The largest absolute Gasteiger partial charge is 0.484 e. The molecule has 230 valence electrons. The lowest BCUT2D eigenvalue weighted by atomic mass is 9.34. The Bertz CT molecular complexity index is 1340. The molecule has 7 atom stereocenters. The minimum Gasteiger partial charge on any atom is -0.295 e. The van der Waals surface area contributed by atoms with Gasteiger partial charge in [0.05, 0.1) is 5.57 Å². The van der Waals surface area contributed by atoms with Gasteiger partial charge in [-0.1, -0.05) is 60.1 Å². The summed E-state index contributed by atoms with van der Waals surface area (Å²) in [6.45, 7) is 14.9. The van der Waals surface area contributed by atoms with Crippen LogP contribution in [0.4, 0.5) is 13.2 Å². The number of allylic oxidation sites excluding steroid dienone is 4. The number of fused-ring (bicyclic) bond motifs is 7. The summed E-state index contributed by atoms with van der Waals surface area (Å²) in [6.07, 6.45) is 4.67. The topological polar surface area (TPSA) is 87.0 Å². The molecule has 3 saturated carbocycles. The van der Waals surface area contributed by atoms with E-state index in [1.165, 1.54) is 0 Å². The van der Waals surface area contributed by atoms with Gasteiger partial charge in [0.25, 0.3) is 0 Å². The maximum absolute atomic E-state index is 14.5. The van der Waals surface area contributed by atoms with E-state index in [0.717, 1.165) is 55.8 Å². The predicted octanol–water partition coefficient (Wildman–Crippen LogP) is 7.62. The first kappa shape index (κ1) is 31.0. The minimum absolute atomic E-state index is 0.0202.